The van der Waals surface area contributed by atoms with Crippen molar-refractivity contribution in [3.63, 3.8) is 0 Å². The molecule has 152 valence electrons. The largest absolute Gasteiger partial charge is 0.360 e. The second-order valence-corrected chi connectivity index (χ2v) is 8.18. The summed E-state index contributed by atoms with van der Waals surface area (Å²) in [6.07, 6.45) is 3.83. The minimum atomic E-state index is -3.91. The molecule has 30 heavy (non-hydrogen) atoms. The third kappa shape index (κ3) is 4.01. The lowest BCUT2D eigenvalue weighted by molar-refractivity contribution is 0.102. The van der Waals surface area contributed by atoms with Gasteiger partial charge in [-0.1, -0.05) is 47.6 Å². The topological polar surface area (TPSA) is 114 Å². The fourth-order valence-corrected chi connectivity index (χ4v) is 4.06. The Hall–Kier alpha value is -3.72. The van der Waals surface area contributed by atoms with Crippen LogP contribution in [-0.4, -0.2) is 25.3 Å². The van der Waals surface area contributed by atoms with Crippen LogP contribution in [0.4, 0.5) is 5.69 Å². The molecule has 8 nitrogen and oxygen atoms in total. The van der Waals surface area contributed by atoms with Crippen LogP contribution in [0.5, 0.6) is 0 Å². The molecule has 0 unspecified atom stereocenters. The molecule has 0 saturated heterocycles. The number of amides is 1. The molecule has 2 heterocycles. The molecule has 1 aliphatic rings. The van der Waals surface area contributed by atoms with Crippen molar-refractivity contribution in [3.8, 4) is 11.3 Å². The fourth-order valence-electron chi connectivity index (χ4n) is 3.01. The predicted molar refractivity (Wildman–Crippen MR) is 113 cm³/mol. The van der Waals surface area contributed by atoms with Gasteiger partial charge in [-0.25, -0.2) is 0 Å². The van der Waals surface area contributed by atoms with E-state index in [1.807, 2.05) is 30.3 Å². The van der Waals surface area contributed by atoms with Gasteiger partial charge < -0.3 is 15.2 Å². The van der Waals surface area contributed by atoms with Crippen molar-refractivity contribution in [2.24, 2.45) is 4.40 Å². The van der Waals surface area contributed by atoms with Crippen LogP contribution in [0.25, 0.3) is 11.3 Å². The number of anilines is 1. The van der Waals surface area contributed by atoms with Gasteiger partial charge in [-0.3, -0.25) is 4.79 Å². The molecule has 0 fully saturated rings. The summed E-state index contributed by atoms with van der Waals surface area (Å²) in [5, 5.41) is 9.50. The number of nitrogens with zero attached hydrogens (tertiary/aromatic N) is 2. The number of carbonyl (C=O) groups is 1. The minimum absolute atomic E-state index is 0.0215. The summed E-state index contributed by atoms with van der Waals surface area (Å²) >= 11 is 0. The molecule has 0 radical (unpaired) electrons. The van der Waals surface area contributed by atoms with Gasteiger partial charge in [0.2, 0.25) is 0 Å². The predicted octanol–water partition coefficient (Wildman–Crippen LogP) is 3.50. The van der Waals surface area contributed by atoms with E-state index < -0.39 is 15.9 Å². The van der Waals surface area contributed by atoms with E-state index in [1.165, 1.54) is 12.1 Å². The van der Waals surface area contributed by atoms with Gasteiger partial charge >= 0.3 is 0 Å². The van der Waals surface area contributed by atoms with E-state index in [9.17, 15) is 13.2 Å². The number of carbonyl (C=O) groups excluding carboxylic acids is 1. The number of aromatic nitrogens is 1. The molecule has 2 N–H and O–H groups in total. The Labute approximate surface area is 173 Å². The summed E-state index contributed by atoms with van der Waals surface area (Å²) in [4.78, 5) is 12.9. The van der Waals surface area contributed by atoms with E-state index >= 15 is 0 Å². The van der Waals surface area contributed by atoms with Crippen molar-refractivity contribution >= 4 is 27.5 Å². The van der Waals surface area contributed by atoms with Gasteiger partial charge in [-0.2, -0.15) is 8.42 Å². The quantitative estimate of drug-likeness (QED) is 0.651. The maximum absolute atomic E-state index is 12.9. The first-order chi connectivity index (χ1) is 14.4. The lowest BCUT2D eigenvalue weighted by Gasteiger charge is -2.08. The number of hydrogen-bond donors (Lipinski definition) is 2. The van der Waals surface area contributed by atoms with E-state index in [2.05, 4.69) is 20.2 Å². The normalized spacial score (nSPS) is 14.6. The van der Waals surface area contributed by atoms with Gasteiger partial charge in [0.25, 0.3) is 15.9 Å². The highest BCUT2D eigenvalue weighted by Gasteiger charge is 2.22. The van der Waals surface area contributed by atoms with Crippen molar-refractivity contribution in [2.45, 2.75) is 18.2 Å². The summed E-state index contributed by atoms with van der Waals surface area (Å²) in [6.45, 7) is 1.65. The van der Waals surface area contributed by atoms with Crippen LogP contribution < -0.4 is 10.6 Å². The molecule has 2 aromatic carbocycles. The van der Waals surface area contributed by atoms with Gasteiger partial charge in [-0.05, 0) is 31.3 Å². The van der Waals surface area contributed by atoms with Gasteiger partial charge in [0.05, 0.1) is 4.90 Å². The first kappa shape index (κ1) is 19.6. The molecule has 0 bridgehead atoms. The molecule has 4 rings (SSSR count). The first-order valence-electron chi connectivity index (χ1n) is 9.12. The Kier molecular flexibility index (Phi) is 5.20. The maximum atomic E-state index is 12.9. The Morgan fingerprint density at radius 2 is 1.97 bits per heavy atom. The molecule has 0 saturated carbocycles. The van der Waals surface area contributed by atoms with E-state index in [1.54, 1.807) is 31.3 Å². The molecule has 9 heteroatoms. The summed E-state index contributed by atoms with van der Waals surface area (Å²) in [6, 6.07) is 15.1. The summed E-state index contributed by atoms with van der Waals surface area (Å²) in [7, 11) is -3.91. The highest BCUT2D eigenvalue weighted by Crippen LogP contribution is 2.26. The molecule has 0 atom stereocenters. The smallest absolute Gasteiger partial charge is 0.284 e. The van der Waals surface area contributed by atoms with E-state index in [0.717, 1.165) is 5.56 Å². The number of hydrogen-bond acceptors (Lipinski definition) is 5. The third-order valence-electron chi connectivity index (χ3n) is 4.44. The second-order valence-electron chi connectivity index (χ2n) is 6.57. The number of benzene rings is 2. The number of aryl methyl sites for hydroxylation is 1. The molecule has 1 amide bonds. The molecule has 1 aromatic heterocycles. The van der Waals surface area contributed by atoms with Gasteiger partial charge in [0, 0.05) is 17.7 Å². The van der Waals surface area contributed by atoms with Gasteiger partial charge in [0.15, 0.2) is 0 Å². The molecular weight excluding hydrogens is 404 g/mol. The number of sulfonamides is 1. The lowest BCUT2D eigenvalue weighted by Crippen LogP contribution is -2.15. The van der Waals surface area contributed by atoms with Crippen molar-refractivity contribution in [2.75, 3.05) is 5.32 Å². The van der Waals surface area contributed by atoms with E-state index in [-0.39, 0.29) is 10.5 Å². The first-order valence-corrected chi connectivity index (χ1v) is 10.6. The van der Waals surface area contributed by atoms with E-state index in [4.69, 9.17) is 4.52 Å². The van der Waals surface area contributed by atoms with Crippen LogP contribution in [-0.2, 0) is 10.0 Å². The number of nitrogens with one attached hydrogen (secondary N) is 2. The maximum Gasteiger partial charge on any atom is 0.284 e. The SMILES string of the molecule is Cc1onc(-c2ccccc2)c1C(=O)Nc1cccc(S(=O)(=O)/N=C2\CC=CN2)c1. The van der Waals surface area contributed by atoms with Crippen molar-refractivity contribution in [1.29, 1.82) is 0 Å². The van der Waals surface area contributed by atoms with Crippen molar-refractivity contribution in [3.05, 3.63) is 78.2 Å². The van der Waals surface area contributed by atoms with Crippen LogP contribution in [0.3, 0.4) is 0 Å². The van der Waals surface area contributed by atoms with Crippen molar-refractivity contribution in [1.82, 2.24) is 10.5 Å². The summed E-state index contributed by atoms with van der Waals surface area (Å²) in [5.41, 5.74) is 1.76. The minimum Gasteiger partial charge on any atom is -0.360 e. The van der Waals surface area contributed by atoms with Crippen LogP contribution in [0.2, 0.25) is 0 Å². The van der Waals surface area contributed by atoms with Crippen LogP contribution >= 0.6 is 0 Å². The Balaban J connectivity index is 1.61. The molecular formula is C21H18N4O4S. The second kappa shape index (κ2) is 7.96. The van der Waals surface area contributed by atoms with Gasteiger partial charge in [-0.15, -0.1) is 4.40 Å². The number of amidine groups is 1. The highest BCUT2D eigenvalue weighted by molar-refractivity contribution is 7.90. The zero-order chi connectivity index (χ0) is 21.1. The highest BCUT2D eigenvalue weighted by atomic mass is 32.2. The summed E-state index contributed by atoms with van der Waals surface area (Å²) < 4.78 is 34.1. The van der Waals surface area contributed by atoms with Gasteiger partial charge in [0.1, 0.15) is 22.9 Å². The molecule has 0 aliphatic carbocycles. The fraction of sp³-hybridized carbons (Fsp3) is 0.0952. The molecule has 3 aromatic rings. The standard InChI is InChI=1S/C21H18N4O4S/c1-14-19(20(24-29-14)15-7-3-2-4-8-15)21(26)23-16-9-5-10-17(13-16)30(27,28)25-18-11-6-12-22-18/h2-10,12-13H,11H2,1H3,(H,22,25)(H,23,26). The van der Waals surface area contributed by atoms with Crippen LogP contribution in [0.15, 0.2) is 80.7 Å². The van der Waals surface area contributed by atoms with E-state index in [0.29, 0.717) is 29.4 Å². The summed E-state index contributed by atoms with van der Waals surface area (Å²) in [5.74, 6) is 0.258. The monoisotopic (exact) mass is 422 g/mol. The van der Waals surface area contributed by atoms with Crippen LogP contribution in [0.1, 0.15) is 22.5 Å². The Bertz CT molecular complexity index is 1250. The molecule has 0 spiro atoms. The van der Waals surface area contributed by atoms with Crippen molar-refractivity contribution < 1.29 is 17.7 Å². The third-order valence-corrected chi connectivity index (χ3v) is 5.75. The Morgan fingerprint density at radius 1 is 1.17 bits per heavy atom. The zero-order valence-corrected chi connectivity index (χ0v) is 16.8. The number of rotatable bonds is 5. The average molecular weight is 422 g/mol. The average Bonchev–Trinajstić information content (AvgIpc) is 3.38. The zero-order valence-electron chi connectivity index (χ0n) is 16.0. The molecule has 1 aliphatic heterocycles. The Morgan fingerprint density at radius 3 is 2.70 bits per heavy atom. The lowest BCUT2D eigenvalue weighted by atomic mass is 10.1. The van der Waals surface area contributed by atoms with Crippen LogP contribution in [0, 0.1) is 6.92 Å².